The Kier molecular flexibility index (Phi) is 4.70. The second kappa shape index (κ2) is 6.35. The SMILES string of the molecule is COc1cc(-c2csc(CCC(=O)O)c2)cnc1C(F)(F)F. The number of alkyl halides is 3. The maximum atomic E-state index is 12.8. The van der Waals surface area contributed by atoms with Crippen LogP contribution < -0.4 is 4.74 Å². The van der Waals surface area contributed by atoms with Gasteiger partial charge in [0.2, 0.25) is 0 Å². The van der Waals surface area contributed by atoms with Crippen molar-refractivity contribution in [3.8, 4) is 16.9 Å². The second-order valence-corrected chi connectivity index (χ2v) is 5.46. The molecular formula is C14H12F3NO3S. The highest BCUT2D eigenvalue weighted by atomic mass is 32.1. The standard InChI is InChI=1S/C14H12F3NO3S/c1-21-11-5-8(6-18-13(11)14(15,16)17)9-4-10(22-7-9)2-3-12(19)20/h4-7H,2-3H2,1H3,(H,19,20). The molecule has 0 bridgehead atoms. The van der Waals surface area contributed by atoms with Crippen LogP contribution in [0.4, 0.5) is 13.2 Å². The fourth-order valence-electron chi connectivity index (χ4n) is 1.86. The van der Waals surface area contributed by atoms with Crippen molar-refractivity contribution in [2.75, 3.05) is 7.11 Å². The number of thiophene rings is 1. The van der Waals surface area contributed by atoms with Crippen LogP contribution in [0.15, 0.2) is 23.7 Å². The lowest BCUT2D eigenvalue weighted by Crippen LogP contribution is -2.10. The minimum absolute atomic E-state index is 0.00847. The van der Waals surface area contributed by atoms with Crippen LogP contribution >= 0.6 is 11.3 Å². The minimum Gasteiger partial charge on any atom is -0.494 e. The molecule has 2 aromatic heterocycles. The summed E-state index contributed by atoms with van der Waals surface area (Å²) in [5, 5.41) is 10.4. The molecule has 8 heteroatoms. The van der Waals surface area contributed by atoms with E-state index in [1.165, 1.54) is 17.4 Å². The number of aryl methyl sites for hydroxylation is 1. The number of halogens is 3. The number of aliphatic carboxylic acids is 1. The van der Waals surface area contributed by atoms with Crippen LogP contribution in [-0.2, 0) is 17.4 Å². The first-order chi connectivity index (χ1) is 10.3. The minimum atomic E-state index is -4.58. The van der Waals surface area contributed by atoms with Gasteiger partial charge in [0.15, 0.2) is 5.69 Å². The summed E-state index contributed by atoms with van der Waals surface area (Å²) in [6, 6.07) is 3.02. The first kappa shape index (κ1) is 16.3. The summed E-state index contributed by atoms with van der Waals surface area (Å²) in [5.74, 6) is -1.24. The van der Waals surface area contributed by atoms with Crippen molar-refractivity contribution in [3.63, 3.8) is 0 Å². The molecule has 0 saturated heterocycles. The number of pyridine rings is 1. The van der Waals surface area contributed by atoms with Crippen LogP contribution in [0.5, 0.6) is 5.75 Å². The molecule has 2 rings (SSSR count). The van der Waals surface area contributed by atoms with E-state index in [9.17, 15) is 18.0 Å². The highest BCUT2D eigenvalue weighted by Crippen LogP contribution is 2.37. The number of carbonyl (C=O) groups is 1. The Bertz CT molecular complexity index is 682. The molecule has 0 aliphatic carbocycles. The number of methoxy groups -OCH3 is 1. The van der Waals surface area contributed by atoms with E-state index in [1.807, 2.05) is 0 Å². The molecule has 1 N–H and O–H groups in total. The van der Waals surface area contributed by atoms with Gasteiger partial charge in [-0.25, -0.2) is 4.98 Å². The van der Waals surface area contributed by atoms with Crippen LogP contribution in [0.3, 0.4) is 0 Å². The number of carboxylic acid groups (broad SMARTS) is 1. The molecule has 0 amide bonds. The molecule has 0 radical (unpaired) electrons. The van der Waals surface area contributed by atoms with E-state index in [0.717, 1.165) is 18.2 Å². The highest BCUT2D eigenvalue weighted by molar-refractivity contribution is 7.10. The summed E-state index contributed by atoms with van der Waals surface area (Å²) >= 11 is 1.36. The maximum absolute atomic E-state index is 12.8. The fraction of sp³-hybridized carbons (Fsp3) is 0.286. The molecule has 4 nitrogen and oxygen atoms in total. The van der Waals surface area contributed by atoms with Crippen LogP contribution in [0.25, 0.3) is 11.1 Å². The van der Waals surface area contributed by atoms with E-state index in [-0.39, 0.29) is 12.2 Å². The van der Waals surface area contributed by atoms with Crippen molar-refractivity contribution < 1.29 is 27.8 Å². The van der Waals surface area contributed by atoms with Crippen molar-refractivity contribution in [2.24, 2.45) is 0 Å². The zero-order valence-electron chi connectivity index (χ0n) is 11.5. The van der Waals surface area contributed by atoms with Crippen molar-refractivity contribution in [3.05, 3.63) is 34.3 Å². The largest absolute Gasteiger partial charge is 0.494 e. The Morgan fingerprint density at radius 1 is 1.36 bits per heavy atom. The van der Waals surface area contributed by atoms with Gasteiger partial charge in [-0.1, -0.05) is 0 Å². The average molecular weight is 331 g/mol. The van der Waals surface area contributed by atoms with Gasteiger partial charge >= 0.3 is 12.1 Å². The number of rotatable bonds is 5. The fourth-order valence-corrected chi connectivity index (χ4v) is 2.76. The number of aromatic nitrogens is 1. The Hall–Kier alpha value is -2.09. The van der Waals surface area contributed by atoms with Crippen LogP contribution in [0, 0.1) is 0 Å². The summed E-state index contributed by atoms with van der Waals surface area (Å²) in [4.78, 5) is 14.8. The third-order valence-electron chi connectivity index (χ3n) is 2.91. The van der Waals surface area contributed by atoms with Crippen LogP contribution in [-0.4, -0.2) is 23.2 Å². The van der Waals surface area contributed by atoms with E-state index < -0.39 is 17.8 Å². The van der Waals surface area contributed by atoms with Gasteiger partial charge in [0, 0.05) is 16.6 Å². The Morgan fingerprint density at radius 3 is 2.68 bits per heavy atom. The average Bonchev–Trinajstić information content (AvgIpc) is 2.92. The molecule has 2 aromatic rings. The molecule has 0 unspecified atom stereocenters. The van der Waals surface area contributed by atoms with Crippen molar-refractivity contribution in [2.45, 2.75) is 19.0 Å². The zero-order valence-corrected chi connectivity index (χ0v) is 12.3. The lowest BCUT2D eigenvalue weighted by atomic mass is 10.1. The summed E-state index contributed by atoms with van der Waals surface area (Å²) in [5.41, 5.74) is 0.104. The second-order valence-electron chi connectivity index (χ2n) is 4.47. The van der Waals surface area contributed by atoms with Crippen LogP contribution in [0.2, 0.25) is 0 Å². The van der Waals surface area contributed by atoms with Gasteiger partial charge in [0.25, 0.3) is 0 Å². The van der Waals surface area contributed by atoms with Gasteiger partial charge < -0.3 is 9.84 Å². The molecular weight excluding hydrogens is 319 g/mol. The number of hydrogen-bond donors (Lipinski definition) is 1. The first-order valence-corrected chi connectivity index (χ1v) is 7.10. The molecule has 0 spiro atoms. The first-order valence-electron chi connectivity index (χ1n) is 6.22. The molecule has 22 heavy (non-hydrogen) atoms. The summed E-state index contributed by atoms with van der Waals surface area (Å²) in [7, 11) is 1.15. The molecule has 0 aliphatic rings. The topological polar surface area (TPSA) is 59.4 Å². The van der Waals surface area contributed by atoms with Gasteiger partial charge in [-0.05, 0) is 29.5 Å². The lowest BCUT2D eigenvalue weighted by Gasteiger charge is -2.11. The molecule has 0 atom stereocenters. The van der Waals surface area contributed by atoms with Gasteiger partial charge in [-0.2, -0.15) is 13.2 Å². The third-order valence-corrected chi connectivity index (χ3v) is 3.91. The monoisotopic (exact) mass is 331 g/mol. The smallest absolute Gasteiger partial charge is 0.437 e. The zero-order chi connectivity index (χ0) is 16.3. The van der Waals surface area contributed by atoms with Crippen LogP contribution in [0.1, 0.15) is 17.0 Å². The van der Waals surface area contributed by atoms with E-state index in [4.69, 9.17) is 9.84 Å². The Labute approximate surface area is 128 Å². The van der Waals surface area contributed by atoms with E-state index in [2.05, 4.69) is 4.98 Å². The van der Waals surface area contributed by atoms with Crippen molar-refractivity contribution in [1.29, 1.82) is 0 Å². The summed E-state index contributed by atoms with van der Waals surface area (Å²) in [6.07, 6.45) is -3.06. The molecule has 0 saturated carbocycles. The third kappa shape index (κ3) is 3.76. The van der Waals surface area contributed by atoms with Gasteiger partial charge in [0.1, 0.15) is 5.75 Å². The highest BCUT2D eigenvalue weighted by Gasteiger charge is 2.36. The number of hydrogen-bond acceptors (Lipinski definition) is 4. The predicted molar refractivity (Wildman–Crippen MR) is 75.1 cm³/mol. The van der Waals surface area contributed by atoms with Crippen molar-refractivity contribution in [1.82, 2.24) is 4.98 Å². The molecule has 2 heterocycles. The maximum Gasteiger partial charge on any atom is 0.437 e. The van der Waals surface area contributed by atoms with E-state index in [0.29, 0.717) is 17.5 Å². The Balaban J connectivity index is 2.28. The normalized spacial score (nSPS) is 11.5. The molecule has 0 fully saturated rings. The lowest BCUT2D eigenvalue weighted by molar-refractivity contribution is -0.142. The molecule has 118 valence electrons. The van der Waals surface area contributed by atoms with E-state index in [1.54, 1.807) is 11.4 Å². The number of carboxylic acids is 1. The predicted octanol–water partition coefficient (Wildman–Crippen LogP) is 3.85. The molecule has 0 aliphatic heterocycles. The number of ether oxygens (including phenoxy) is 1. The quantitative estimate of drug-likeness (QED) is 0.904. The molecule has 0 aromatic carbocycles. The summed E-state index contributed by atoms with van der Waals surface area (Å²) < 4.78 is 43.0. The number of nitrogens with zero attached hydrogens (tertiary/aromatic N) is 1. The Morgan fingerprint density at radius 2 is 2.09 bits per heavy atom. The van der Waals surface area contributed by atoms with Crippen molar-refractivity contribution >= 4 is 17.3 Å². The summed E-state index contributed by atoms with van der Waals surface area (Å²) in [6.45, 7) is 0. The van der Waals surface area contributed by atoms with E-state index >= 15 is 0 Å². The van der Waals surface area contributed by atoms with Gasteiger partial charge in [0.05, 0.1) is 13.5 Å². The van der Waals surface area contributed by atoms with Gasteiger partial charge in [-0.15, -0.1) is 11.3 Å². The van der Waals surface area contributed by atoms with Gasteiger partial charge in [-0.3, -0.25) is 4.79 Å².